The second-order valence-electron chi connectivity index (χ2n) is 6.03. The smallest absolute Gasteiger partial charge is 0.319 e. The summed E-state index contributed by atoms with van der Waals surface area (Å²) in [5, 5.41) is 2.69. The lowest BCUT2D eigenvalue weighted by Crippen LogP contribution is -2.44. The van der Waals surface area contributed by atoms with Gasteiger partial charge in [0.1, 0.15) is 21.2 Å². The Morgan fingerprint density at radius 1 is 1.21 bits per heavy atom. The van der Waals surface area contributed by atoms with Crippen LogP contribution in [0.2, 0.25) is 0 Å². The largest absolute Gasteiger partial charge is 0.325 e. The molecular weight excluding hydrogens is 335 g/mol. The van der Waals surface area contributed by atoms with Gasteiger partial charge in [-0.25, -0.2) is 17.6 Å². The van der Waals surface area contributed by atoms with Crippen LogP contribution in [0.15, 0.2) is 24.3 Å². The molecule has 1 aliphatic heterocycles. The maximum atomic E-state index is 13.2. The number of urea groups is 1. The summed E-state index contributed by atoms with van der Waals surface area (Å²) in [6, 6.07) is 4.81. The summed E-state index contributed by atoms with van der Waals surface area (Å²) >= 11 is 0. The summed E-state index contributed by atoms with van der Waals surface area (Å²) in [5.74, 6) is -1.22. The number of rotatable bonds is 7. The van der Waals surface area contributed by atoms with Crippen LogP contribution in [-0.4, -0.2) is 43.8 Å². The number of halogens is 1. The van der Waals surface area contributed by atoms with Crippen molar-refractivity contribution in [3.8, 4) is 0 Å². The van der Waals surface area contributed by atoms with Crippen molar-refractivity contribution in [2.75, 3.05) is 18.6 Å². The molecule has 1 N–H and O–H groups in total. The van der Waals surface area contributed by atoms with Crippen LogP contribution in [0.5, 0.6) is 0 Å². The third-order valence-electron chi connectivity index (χ3n) is 4.10. The van der Waals surface area contributed by atoms with Crippen LogP contribution in [0.3, 0.4) is 0 Å². The Morgan fingerprint density at radius 2 is 1.83 bits per heavy atom. The fraction of sp³-hybridized carbons (Fsp3) is 0.500. The quantitative estimate of drug-likeness (QED) is 0.755. The van der Waals surface area contributed by atoms with Gasteiger partial charge in [0.05, 0.1) is 5.75 Å². The fourth-order valence-electron chi connectivity index (χ4n) is 2.77. The Balaban J connectivity index is 2.35. The number of nitrogens with zero attached hydrogens (tertiary/aromatic N) is 1. The number of hydrogen-bond acceptors (Lipinski definition) is 4. The number of carbonyl (C=O) groups is 2. The van der Waals surface area contributed by atoms with Crippen molar-refractivity contribution in [2.24, 2.45) is 0 Å². The highest BCUT2D eigenvalue weighted by atomic mass is 32.2. The van der Waals surface area contributed by atoms with Gasteiger partial charge in [0.25, 0.3) is 5.91 Å². The van der Waals surface area contributed by atoms with Gasteiger partial charge in [0.2, 0.25) is 0 Å². The van der Waals surface area contributed by atoms with Crippen LogP contribution in [-0.2, 0) is 20.2 Å². The summed E-state index contributed by atoms with van der Waals surface area (Å²) in [6.07, 6.45) is 2.92. The van der Waals surface area contributed by atoms with Gasteiger partial charge >= 0.3 is 6.03 Å². The van der Waals surface area contributed by atoms with Gasteiger partial charge in [0.15, 0.2) is 0 Å². The minimum atomic E-state index is -3.31. The second kappa shape index (κ2) is 6.88. The van der Waals surface area contributed by atoms with Crippen molar-refractivity contribution in [3.63, 3.8) is 0 Å². The molecule has 0 aliphatic carbocycles. The first-order valence-corrected chi connectivity index (χ1v) is 9.83. The molecule has 24 heavy (non-hydrogen) atoms. The van der Waals surface area contributed by atoms with Gasteiger partial charge in [0, 0.05) is 12.8 Å². The summed E-state index contributed by atoms with van der Waals surface area (Å²) in [5.41, 5.74) is -0.768. The Morgan fingerprint density at radius 3 is 2.38 bits per heavy atom. The van der Waals surface area contributed by atoms with Gasteiger partial charge in [-0.15, -0.1) is 0 Å². The lowest BCUT2D eigenvalue weighted by atomic mass is 9.85. The highest BCUT2D eigenvalue weighted by molar-refractivity contribution is 7.90. The van der Waals surface area contributed by atoms with E-state index in [1.165, 1.54) is 24.3 Å². The van der Waals surface area contributed by atoms with E-state index in [0.29, 0.717) is 18.4 Å². The monoisotopic (exact) mass is 356 g/mol. The van der Waals surface area contributed by atoms with Crippen molar-refractivity contribution in [1.29, 1.82) is 0 Å². The highest BCUT2D eigenvalue weighted by Gasteiger charge is 2.51. The SMILES string of the molecule is CCCCC1(c2ccc(F)cc2)NC(=O)N(CCS(C)(=O)=O)C1=O. The van der Waals surface area contributed by atoms with Crippen molar-refractivity contribution in [3.05, 3.63) is 35.6 Å². The number of benzene rings is 1. The second-order valence-corrected chi connectivity index (χ2v) is 8.29. The van der Waals surface area contributed by atoms with E-state index in [1.807, 2.05) is 6.92 Å². The van der Waals surface area contributed by atoms with E-state index in [4.69, 9.17) is 0 Å². The first-order chi connectivity index (χ1) is 11.2. The number of nitrogens with one attached hydrogen (secondary N) is 1. The number of amides is 3. The minimum absolute atomic E-state index is 0.196. The first kappa shape index (κ1) is 18.4. The molecule has 3 amide bonds. The molecule has 2 rings (SSSR count). The zero-order valence-electron chi connectivity index (χ0n) is 13.7. The average molecular weight is 356 g/mol. The Bertz CT molecular complexity index is 733. The maximum Gasteiger partial charge on any atom is 0.325 e. The maximum absolute atomic E-state index is 13.2. The summed E-state index contributed by atoms with van der Waals surface area (Å²) < 4.78 is 35.9. The molecule has 1 heterocycles. The molecule has 132 valence electrons. The zero-order chi connectivity index (χ0) is 18.0. The number of carbonyl (C=O) groups excluding carboxylic acids is 2. The van der Waals surface area contributed by atoms with Crippen molar-refractivity contribution in [1.82, 2.24) is 10.2 Å². The third-order valence-corrected chi connectivity index (χ3v) is 5.03. The number of imide groups is 1. The molecule has 0 saturated carbocycles. The normalized spacial score (nSPS) is 21.2. The molecule has 0 aromatic heterocycles. The summed E-state index contributed by atoms with van der Waals surface area (Å²) in [7, 11) is -3.31. The van der Waals surface area contributed by atoms with E-state index in [-0.39, 0.29) is 12.3 Å². The van der Waals surface area contributed by atoms with Gasteiger partial charge in [-0.3, -0.25) is 9.69 Å². The van der Waals surface area contributed by atoms with Crippen molar-refractivity contribution in [2.45, 2.75) is 31.7 Å². The van der Waals surface area contributed by atoms with Crippen LogP contribution in [0, 0.1) is 5.82 Å². The van der Waals surface area contributed by atoms with E-state index in [2.05, 4.69) is 5.32 Å². The molecule has 0 radical (unpaired) electrons. The highest BCUT2D eigenvalue weighted by Crippen LogP contribution is 2.34. The number of hydrogen-bond donors (Lipinski definition) is 1. The average Bonchev–Trinajstić information content (AvgIpc) is 2.75. The van der Waals surface area contributed by atoms with Gasteiger partial charge in [-0.1, -0.05) is 31.9 Å². The van der Waals surface area contributed by atoms with Crippen molar-refractivity contribution < 1.29 is 22.4 Å². The topological polar surface area (TPSA) is 83.6 Å². The molecule has 1 aromatic carbocycles. The Hall–Kier alpha value is -1.96. The van der Waals surface area contributed by atoms with Crippen LogP contribution in [0.4, 0.5) is 9.18 Å². The Kier molecular flexibility index (Phi) is 5.27. The molecule has 0 spiro atoms. The van der Waals surface area contributed by atoms with Crippen LogP contribution >= 0.6 is 0 Å². The van der Waals surface area contributed by atoms with E-state index in [9.17, 15) is 22.4 Å². The lowest BCUT2D eigenvalue weighted by molar-refractivity contribution is -0.131. The van der Waals surface area contributed by atoms with E-state index >= 15 is 0 Å². The third kappa shape index (κ3) is 3.75. The van der Waals surface area contributed by atoms with Gasteiger partial charge < -0.3 is 5.32 Å². The molecule has 0 bridgehead atoms. The molecule has 1 unspecified atom stereocenters. The van der Waals surface area contributed by atoms with Crippen LogP contribution < -0.4 is 5.32 Å². The predicted octanol–water partition coefficient (Wildman–Crippen LogP) is 1.81. The van der Waals surface area contributed by atoms with Crippen molar-refractivity contribution >= 4 is 21.8 Å². The number of unbranched alkanes of at least 4 members (excludes halogenated alkanes) is 1. The molecule has 1 aliphatic rings. The summed E-state index contributed by atoms with van der Waals surface area (Å²) in [6.45, 7) is 1.76. The van der Waals surface area contributed by atoms with Gasteiger partial charge in [-0.2, -0.15) is 0 Å². The van der Waals surface area contributed by atoms with Crippen LogP contribution in [0.25, 0.3) is 0 Å². The molecular formula is C16H21FN2O4S. The molecule has 1 atom stereocenters. The molecule has 8 heteroatoms. The standard InChI is InChI=1S/C16H21FN2O4S/c1-3-4-9-16(12-5-7-13(17)8-6-12)14(20)19(15(21)18-16)10-11-24(2,22)23/h5-8H,3-4,9-11H2,1-2H3,(H,18,21). The summed E-state index contributed by atoms with van der Waals surface area (Å²) in [4.78, 5) is 26.1. The van der Waals surface area contributed by atoms with E-state index in [1.54, 1.807) is 0 Å². The van der Waals surface area contributed by atoms with Gasteiger partial charge in [-0.05, 0) is 24.1 Å². The predicted molar refractivity (Wildman–Crippen MR) is 87.6 cm³/mol. The van der Waals surface area contributed by atoms with Crippen LogP contribution in [0.1, 0.15) is 31.7 Å². The fourth-order valence-corrected chi connectivity index (χ4v) is 3.29. The molecule has 1 aromatic rings. The van der Waals surface area contributed by atoms with E-state index in [0.717, 1.165) is 17.6 Å². The zero-order valence-corrected chi connectivity index (χ0v) is 14.5. The lowest BCUT2D eigenvalue weighted by Gasteiger charge is -2.27. The minimum Gasteiger partial charge on any atom is -0.319 e. The Labute approximate surface area is 140 Å². The molecule has 1 fully saturated rings. The number of sulfone groups is 1. The molecule has 6 nitrogen and oxygen atoms in total. The molecule has 1 saturated heterocycles. The van der Waals surface area contributed by atoms with E-state index < -0.39 is 33.1 Å². The first-order valence-electron chi connectivity index (χ1n) is 7.77.